The molecule has 11 nitrogen and oxygen atoms in total. The number of ether oxygens (including phenoxy) is 2. The highest BCUT2D eigenvalue weighted by molar-refractivity contribution is 7.47. The van der Waals surface area contributed by atoms with Crippen LogP contribution < -0.4 is 0 Å². The topological polar surface area (TPSA) is 169 Å². The molecule has 324 valence electrons. The van der Waals surface area contributed by atoms with Gasteiger partial charge in [-0.2, -0.15) is 0 Å². The lowest BCUT2D eigenvalue weighted by Crippen LogP contribution is -2.30. The standard InChI is InChI=1S/C44H77O11P/c1-4-5-6-7-8-9-10-11-15-18-21-24-27-31-40(46)32-29-34-44(49)55-42(38-54-56(50,51)53-36-41(47)35-45)37-52-43(48)33-28-25-22-19-16-13-12-14-17-20-23-26-30-39(2)3/h5-6,8-9,11,15,21,24,27,31,39-42,45-47H,4,7,10,12-14,16-20,22-23,25-26,28-30,32-38H2,1-3H3,(H,50,51)/b6-5-,9-8-,15-11-,24-21-,31-27+/t40?,41-,42+/m0/s1. The van der Waals surface area contributed by atoms with E-state index in [2.05, 4.69) is 61.8 Å². The summed E-state index contributed by atoms with van der Waals surface area (Å²) in [5.74, 6) is -0.333. The zero-order chi connectivity index (χ0) is 41.5. The number of hydrogen-bond acceptors (Lipinski definition) is 10. The first kappa shape index (κ1) is 53.6. The summed E-state index contributed by atoms with van der Waals surface area (Å²) in [6.07, 6.45) is 36.5. The molecular formula is C44H77O11P. The molecule has 4 atom stereocenters. The van der Waals surface area contributed by atoms with E-state index in [1.165, 1.54) is 57.8 Å². The number of allylic oxidation sites excluding steroid dienone is 9. The monoisotopic (exact) mass is 813 g/mol. The third-order valence-electron chi connectivity index (χ3n) is 8.72. The lowest BCUT2D eigenvalue weighted by molar-refractivity contribution is -0.161. The fourth-order valence-electron chi connectivity index (χ4n) is 5.44. The van der Waals surface area contributed by atoms with Gasteiger partial charge in [0.2, 0.25) is 0 Å². The van der Waals surface area contributed by atoms with Crippen LogP contribution in [0, 0.1) is 5.92 Å². The lowest BCUT2D eigenvalue weighted by atomic mass is 10.0. The molecule has 4 N–H and O–H groups in total. The van der Waals surface area contributed by atoms with E-state index in [9.17, 15) is 29.3 Å². The van der Waals surface area contributed by atoms with E-state index >= 15 is 0 Å². The predicted octanol–water partition coefficient (Wildman–Crippen LogP) is 9.94. The van der Waals surface area contributed by atoms with E-state index in [0.29, 0.717) is 19.3 Å². The van der Waals surface area contributed by atoms with Crippen molar-refractivity contribution < 1.29 is 52.9 Å². The second kappa shape index (κ2) is 38.2. The number of phosphoric ester groups is 1. The second-order valence-electron chi connectivity index (χ2n) is 14.7. The van der Waals surface area contributed by atoms with Crippen LogP contribution in [0.3, 0.4) is 0 Å². The van der Waals surface area contributed by atoms with Crippen LogP contribution in [0.25, 0.3) is 0 Å². The van der Waals surface area contributed by atoms with Gasteiger partial charge in [0.25, 0.3) is 0 Å². The third kappa shape index (κ3) is 38.5. The molecule has 56 heavy (non-hydrogen) atoms. The van der Waals surface area contributed by atoms with Crippen LogP contribution in [-0.2, 0) is 32.7 Å². The van der Waals surface area contributed by atoms with Crippen LogP contribution in [-0.4, -0.2) is 76.9 Å². The fraction of sp³-hybridized carbons (Fsp3) is 0.727. The Labute approximate surface area is 338 Å². The molecule has 0 aliphatic rings. The van der Waals surface area contributed by atoms with Gasteiger partial charge in [0, 0.05) is 12.8 Å². The van der Waals surface area contributed by atoms with E-state index in [-0.39, 0.29) is 19.4 Å². The molecule has 0 spiro atoms. The van der Waals surface area contributed by atoms with Gasteiger partial charge in [0.1, 0.15) is 12.7 Å². The zero-order valence-electron chi connectivity index (χ0n) is 34.9. The van der Waals surface area contributed by atoms with Crippen molar-refractivity contribution in [2.24, 2.45) is 5.92 Å². The van der Waals surface area contributed by atoms with Gasteiger partial charge in [0.15, 0.2) is 6.10 Å². The number of aliphatic hydroxyl groups is 3. The average molecular weight is 813 g/mol. The first-order valence-electron chi connectivity index (χ1n) is 21.2. The van der Waals surface area contributed by atoms with Gasteiger partial charge in [-0.05, 0) is 50.9 Å². The quantitative estimate of drug-likeness (QED) is 0.0154. The van der Waals surface area contributed by atoms with Gasteiger partial charge in [-0.3, -0.25) is 18.6 Å². The largest absolute Gasteiger partial charge is 0.472 e. The number of rotatable bonds is 38. The van der Waals surface area contributed by atoms with Crippen molar-refractivity contribution in [2.45, 2.75) is 174 Å². The van der Waals surface area contributed by atoms with Gasteiger partial charge in [0.05, 0.1) is 25.9 Å². The Morgan fingerprint density at radius 2 is 1.14 bits per heavy atom. The van der Waals surface area contributed by atoms with Crippen molar-refractivity contribution in [1.82, 2.24) is 0 Å². The highest BCUT2D eigenvalue weighted by atomic mass is 31.2. The van der Waals surface area contributed by atoms with Gasteiger partial charge >= 0.3 is 19.8 Å². The summed E-state index contributed by atoms with van der Waals surface area (Å²) in [5.41, 5.74) is 0. The smallest absolute Gasteiger partial charge is 0.462 e. The molecule has 0 radical (unpaired) electrons. The number of unbranched alkanes of at least 4 members (excludes halogenated alkanes) is 11. The van der Waals surface area contributed by atoms with Crippen molar-refractivity contribution in [2.75, 3.05) is 26.4 Å². The minimum Gasteiger partial charge on any atom is -0.462 e. The summed E-state index contributed by atoms with van der Waals surface area (Å²) in [6.45, 7) is 4.35. The van der Waals surface area contributed by atoms with Crippen LogP contribution in [0.2, 0.25) is 0 Å². The van der Waals surface area contributed by atoms with E-state index in [4.69, 9.17) is 19.1 Å². The number of esters is 2. The van der Waals surface area contributed by atoms with Crippen LogP contribution >= 0.6 is 7.82 Å². The Bertz CT molecular complexity index is 1150. The second-order valence-corrected chi connectivity index (χ2v) is 16.1. The van der Waals surface area contributed by atoms with Gasteiger partial charge in [-0.1, -0.05) is 159 Å². The maximum Gasteiger partial charge on any atom is 0.472 e. The number of aliphatic hydroxyl groups excluding tert-OH is 3. The van der Waals surface area contributed by atoms with Gasteiger partial charge < -0.3 is 29.7 Å². The Kier molecular flexibility index (Phi) is 36.5. The summed E-state index contributed by atoms with van der Waals surface area (Å²) in [7, 11) is -4.67. The Balaban J connectivity index is 4.52. The third-order valence-corrected chi connectivity index (χ3v) is 9.67. The molecule has 12 heteroatoms. The molecular weight excluding hydrogens is 735 g/mol. The number of carbonyl (C=O) groups excluding carboxylic acids is 2. The summed E-state index contributed by atoms with van der Waals surface area (Å²) >= 11 is 0. The maximum atomic E-state index is 12.6. The minimum atomic E-state index is -4.67. The van der Waals surface area contributed by atoms with Crippen molar-refractivity contribution >= 4 is 19.8 Å². The average Bonchev–Trinajstić information content (AvgIpc) is 3.16. The van der Waals surface area contributed by atoms with Crippen LogP contribution in [0.5, 0.6) is 0 Å². The molecule has 0 aromatic rings. The molecule has 0 bridgehead atoms. The SMILES string of the molecule is CC/C=C\C/C=C\C/C=C\C/C=C\C=C\C(O)CCCC(=O)O[C@H](COC(=O)CCCCCCCCCCCCCCC(C)C)COP(=O)(O)OC[C@@H](O)CO. The maximum absolute atomic E-state index is 12.6. The highest BCUT2D eigenvalue weighted by Gasteiger charge is 2.27. The van der Waals surface area contributed by atoms with E-state index in [0.717, 1.165) is 50.9 Å². The molecule has 2 unspecified atom stereocenters. The van der Waals surface area contributed by atoms with Crippen LogP contribution in [0.1, 0.15) is 156 Å². The molecule has 0 heterocycles. The van der Waals surface area contributed by atoms with Crippen LogP contribution in [0.15, 0.2) is 60.8 Å². The Morgan fingerprint density at radius 1 is 0.625 bits per heavy atom. The van der Waals surface area contributed by atoms with Gasteiger partial charge in [-0.15, -0.1) is 0 Å². The summed E-state index contributed by atoms with van der Waals surface area (Å²) < 4.78 is 32.5. The predicted molar refractivity (Wildman–Crippen MR) is 225 cm³/mol. The number of carbonyl (C=O) groups is 2. The molecule has 0 saturated heterocycles. The minimum absolute atomic E-state index is 0.0479. The van der Waals surface area contributed by atoms with E-state index < -0.39 is 57.9 Å². The van der Waals surface area contributed by atoms with Crippen molar-refractivity contribution in [3.8, 4) is 0 Å². The lowest BCUT2D eigenvalue weighted by Gasteiger charge is -2.20. The first-order chi connectivity index (χ1) is 27.0. The zero-order valence-corrected chi connectivity index (χ0v) is 35.7. The fourth-order valence-corrected chi connectivity index (χ4v) is 6.23. The summed E-state index contributed by atoms with van der Waals surface area (Å²) in [4.78, 5) is 35.0. The first-order valence-corrected chi connectivity index (χ1v) is 22.7. The van der Waals surface area contributed by atoms with Crippen molar-refractivity contribution in [3.05, 3.63) is 60.8 Å². The van der Waals surface area contributed by atoms with Crippen LogP contribution in [0.4, 0.5) is 0 Å². The van der Waals surface area contributed by atoms with Crippen molar-refractivity contribution in [1.29, 1.82) is 0 Å². The highest BCUT2D eigenvalue weighted by Crippen LogP contribution is 2.43. The van der Waals surface area contributed by atoms with E-state index in [1.807, 2.05) is 12.2 Å². The number of hydrogen-bond donors (Lipinski definition) is 4. The summed E-state index contributed by atoms with van der Waals surface area (Å²) in [6, 6.07) is 0. The number of phosphoric acid groups is 1. The summed E-state index contributed by atoms with van der Waals surface area (Å²) in [5, 5.41) is 28.6. The normalized spacial score (nSPS) is 15.1. The molecule has 0 saturated carbocycles. The van der Waals surface area contributed by atoms with Gasteiger partial charge in [-0.25, -0.2) is 4.57 Å². The Hall–Kier alpha value is -2.37. The van der Waals surface area contributed by atoms with Crippen molar-refractivity contribution in [3.63, 3.8) is 0 Å². The van der Waals surface area contributed by atoms with E-state index in [1.54, 1.807) is 12.2 Å². The Morgan fingerprint density at radius 3 is 1.71 bits per heavy atom. The molecule has 0 aliphatic heterocycles. The molecule has 0 fully saturated rings. The molecule has 0 aromatic heterocycles. The molecule has 0 aromatic carbocycles. The molecule has 0 aliphatic carbocycles. The molecule has 0 rings (SSSR count). The molecule has 0 amide bonds.